The summed E-state index contributed by atoms with van der Waals surface area (Å²) in [5, 5.41) is 0.946. The number of pyridine rings is 1. The van der Waals surface area contributed by atoms with E-state index in [0.717, 1.165) is 33.9 Å². The van der Waals surface area contributed by atoms with E-state index in [1.807, 2.05) is 54.7 Å². The molecule has 0 amide bonds. The van der Waals surface area contributed by atoms with Crippen molar-refractivity contribution in [2.24, 2.45) is 0 Å². The van der Waals surface area contributed by atoms with Crippen LogP contribution in [0.4, 0.5) is 0 Å². The van der Waals surface area contributed by atoms with Crippen molar-refractivity contribution in [1.29, 1.82) is 0 Å². The number of carbonyl (C=O) groups is 1. The number of hydrogen-bond donors (Lipinski definition) is 1. The molecule has 4 aromatic rings. The molecule has 0 fully saturated rings. The Morgan fingerprint density at radius 2 is 1.81 bits per heavy atom. The van der Waals surface area contributed by atoms with Crippen LogP contribution in [0.25, 0.3) is 10.9 Å². The minimum atomic E-state index is -0.454. The molecule has 0 saturated heterocycles. The Hall–Kier alpha value is -3.64. The number of rotatable bonds is 7. The lowest BCUT2D eigenvalue weighted by Gasteiger charge is -2.23. The third-order valence-electron chi connectivity index (χ3n) is 4.94. The van der Waals surface area contributed by atoms with Crippen molar-refractivity contribution in [3.8, 4) is 17.4 Å². The van der Waals surface area contributed by atoms with E-state index in [2.05, 4.69) is 31.1 Å². The molecule has 2 heterocycles. The predicted octanol–water partition coefficient (Wildman–Crippen LogP) is 4.82. The minimum absolute atomic E-state index is 0.362. The smallest absolute Gasteiger partial charge is 0.345 e. The second-order valence-electron chi connectivity index (χ2n) is 8.45. The normalized spacial score (nSPS) is 11.5. The van der Waals surface area contributed by atoms with Crippen LogP contribution in [-0.2, 0) is 6.42 Å². The van der Waals surface area contributed by atoms with Gasteiger partial charge in [0.25, 0.3) is 0 Å². The van der Waals surface area contributed by atoms with Gasteiger partial charge in [-0.05, 0) is 35.9 Å². The second kappa shape index (κ2) is 8.62. The fraction of sp³-hybridized carbons (Fsp3) is 0.200. The van der Waals surface area contributed by atoms with Crippen molar-refractivity contribution in [1.82, 2.24) is 9.97 Å². The fourth-order valence-electron chi connectivity index (χ4n) is 3.29. The molecule has 0 aliphatic heterocycles. The van der Waals surface area contributed by atoms with Gasteiger partial charge in [-0.1, -0.05) is 24.3 Å². The van der Waals surface area contributed by atoms with Crippen LogP contribution in [0.2, 0.25) is 0 Å². The number of para-hydroxylation sites is 1. The number of benzene rings is 2. The zero-order valence-electron chi connectivity index (χ0n) is 18.0. The maximum Gasteiger partial charge on any atom is 0.345 e. The molecule has 0 radical (unpaired) electrons. The van der Waals surface area contributed by atoms with E-state index >= 15 is 0 Å². The topological polar surface area (TPSA) is 64.2 Å². The van der Waals surface area contributed by atoms with Crippen LogP contribution in [0, 0.1) is 0 Å². The number of aromatic amines is 1. The molecule has 1 N–H and O–H groups in total. The molecule has 158 valence electrons. The highest BCUT2D eigenvalue weighted by Crippen LogP contribution is 2.30. The van der Waals surface area contributed by atoms with Gasteiger partial charge < -0.3 is 18.9 Å². The van der Waals surface area contributed by atoms with Crippen LogP contribution in [0.15, 0.2) is 73.1 Å². The fourth-order valence-corrected chi connectivity index (χ4v) is 3.29. The van der Waals surface area contributed by atoms with E-state index in [0.29, 0.717) is 22.9 Å². The molecular formula is C25H26N3O3+. The van der Waals surface area contributed by atoms with Gasteiger partial charge in [0.1, 0.15) is 11.5 Å². The third kappa shape index (κ3) is 5.10. The number of hydrogen-bond acceptors (Lipinski definition) is 4. The third-order valence-corrected chi connectivity index (χ3v) is 4.94. The lowest BCUT2D eigenvalue weighted by molar-refractivity contribution is -0.870. The van der Waals surface area contributed by atoms with Gasteiger partial charge >= 0.3 is 5.97 Å². The van der Waals surface area contributed by atoms with Gasteiger partial charge in [-0.3, -0.25) is 0 Å². The van der Waals surface area contributed by atoms with Crippen molar-refractivity contribution in [3.05, 3.63) is 84.2 Å². The number of carbonyl (C=O) groups excluding carboxylic acids is 1. The van der Waals surface area contributed by atoms with E-state index in [4.69, 9.17) is 9.47 Å². The number of H-pyrrole nitrogens is 1. The maximum absolute atomic E-state index is 12.8. The van der Waals surface area contributed by atoms with Gasteiger partial charge in [0.05, 0.1) is 33.3 Å². The van der Waals surface area contributed by atoms with Gasteiger partial charge in [0.15, 0.2) is 0 Å². The number of likely N-dealkylation sites (N-methyl/N-ethyl adjacent to an activating group) is 1. The Kier molecular flexibility index (Phi) is 5.73. The predicted molar refractivity (Wildman–Crippen MR) is 121 cm³/mol. The molecule has 31 heavy (non-hydrogen) atoms. The van der Waals surface area contributed by atoms with Crippen molar-refractivity contribution < 1.29 is 18.8 Å². The van der Waals surface area contributed by atoms with Crippen molar-refractivity contribution in [3.63, 3.8) is 0 Å². The summed E-state index contributed by atoms with van der Waals surface area (Å²) >= 11 is 0. The molecule has 2 aromatic heterocycles. The first-order valence-corrected chi connectivity index (χ1v) is 10.2. The molecule has 0 aliphatic carbocycles. The number of nitrogens with zero attached hydrogens (tertiary/aromatic N) is 2. The number of quaternary nitrogens is 1. The molecule has 6 nitrogen and oxygen atoms in total. The summed E-state index contributed by atoms with van der Waals surface area (Å²) in [6, 6.07) is 18.4. The van der Waals surface area contributed by atoms with Crippen molar-refractivity contribution in [2.45, 2.75) is 6.42 Å². The zero-order chi connectivity index (χ0) is 21.8. The molecule has 0 saturated carbocycles. The second-order valence-corrected chi connectivity index (χ2v) is 8.45. The molecule has 0 unspecified atom stereocenters. The highest BCUT2D eigenvalue weighted by atomic mass is 16.5. The molecule has 0 spiro atoms. The average Bonchev–Trinajstić information content (AvgIpc) is 3.17. The Labute approximate surface area is 181 Å². The minimum Gasteiger partial charge on any atom is -0.439 e. The van der Waals surface area contributed by atoms with E-state index in [1.165, 1.54) is 6.20 Å². The summed E-state index contributed by atoms with van der Waals surface area (Å²) in [5.41, 5.74) is 2.45. The largest absolute Gasteiger partial charge is 0.439 e. The Morgan fingerprint density at radius 3 is 2.52 bits per heavy atom. The molecule has 0 atom stereocenters. The summed E-state index contributed by atoms with van der Waals surface area (Å²) in [5.74, 6) is 1.19. The number of nitrogens with one attached hydrogen (secondary N) is 1. The summed E-state index contributed by atoms with van der Waals surface area (Å²) < 4.78 is 12.3. The summed E-state index contributed by atoms with van der Waals surface area (Å²) in [7, 11) is 6.48. The van der Waals surface area contributed by atoms with Crippen molar-refractivity contribution >= 4 is 16.9 Å². The zero-order valence-corrected chi connectivity index (χ0v) is 18.0. The summed E-state index contributed by atoms with van der Waals surface area (Å²) in [6.45, 7) is 0.974. The molecule has 2 aromatic carbocycles. The average molecular weight is 417 g/mol. The number of ether oxygens (including phenoxy) is 2. The monoisotopic (exact) mass is 416 g/mol. The van der Waals surface area contributed by atoms with Crippen LogP contribution < -0.4 is 9.47 Å². The van der Waals surface area contributed by atoms with Crippen LogP contribution >= 0.6 is 0 Å². The van der Waals surface area contributed by atoms with Gasteiger partial charge in [-0.2, -0.15) is 0 Å². The van der Waals surface area contributed by atoms with Crippen LogP contribution in [0.5, 0.6) is 17.4 Å². The highest BCUT2D eigenvalue weighted by molar-refractivity contribution is 5.95. The first-order chi connectivity index (χ1) is 14.9. The van der Waals surface area contributed by atoms with E-state index < -0.39 is 5.97 Å². The standard InChI is InChI=1S/C25H26N3O3/c1-28(2,3)15-14-18-16-26-21-10-7-11-22(24(18)21)31-25(29)19-12-13-23(27-17-19)30-20-8-5-4-6-9-20/h4-13,16-17,26H,14-15H2,1-3H3/q+1. The summed E-state index contributed by atoms with van der Waals surface area (Å²) in [4.78, 5) is 20.3. The van der Waals surface area contributed by atoms with Gasteiger partial charge in [0, 0.05) is 35.8 Å². The highest BCUT2D eigenvalue weighted by Gasteiger charge is 2.17. The number of esters is 1. The lowest BCUT2D eigenvalue weighted by atomic mass is 10.1. The maximum atomic E-state index is 12.8. The van der Waals surface area contributed by atoms with Crippen LogP contribution in [0.3, 0.4) is 0 Å². The SMILES string of the molecule is C[N+](C)(C)CCc1c[nH]c2cccc(OC(=O)c3ccc(Oc4ccccc4)nc3)c12. The lowest BCUT2D eigenvalue weighted by Crippen LogP contribution is -2.36. The molecule has 0 bridgehead atoms. The first kappa shape index (κ1) is 20.6. The van der Waals surface area contributed by atoms with Crippen LogP contribution in [-0.4, -0.2) is 48.1 Å². The van der Waals surface area contributed by atoms with E-state index in [1.54, 1.807) is 12.1 Å². The number of fused-ring (bicyclic) bond motifs is 1. The van der Waals surface area contributed by atoms with E-state index in [9.17, 15) is 4.79 Å². The van der Waals surface area contributed by atoms with E-state index in [-0.39, 0.29) is 0 Å². The first-order valence-electron chi connectivity index (χ1n) is 10.2. The van der Waals surface area contributed by atoms with Gasteiger partial charge in [-0.25, -0.2) is 9.78 Å². The van der Waals surface area contributed by atoms with Gasteiger partial charge in [0.2, 0.25) is 5.88 Å². The van der Waals surface area contributed by atoms with Gasteiger partial charge in [-0.15, -0.1) is 0 Å². The Balaban J connectivity index is 1.51. The molecule has 6 heteroatoms. The van der Waals surface area contributed by atoms with Crippen molar-refractivity contribution in [2.75, 3.05) is 27.7 Å². The molecule has 4 rings (SSSR count). The quantitative estimate of drug-likeness (QED) is 0.266. The Morgan fingerprint density at radius 1 is 1.00 bits per heavy atom. The van der Waals surface area contributed by atoms with Crippen LogP contribution in [0.1, 0.15) is 15.9 Å². The Bertz CT molecular complexity index is 1180. The molecular weight excluding hydrogens is 390 g/mol. The number of aromatic nitrogens is 2. The molecule has 0 aliphatic rings. The summed E-state index contributed by atoms with van der Waals surface area (Å²) in [6.07, 6.45) is 4.34.